The van der Waals surface area contributed by atoms with Gasteiger partial charge in [-0.1, -0.05) is 38.1 Å². The Labute approximate surface area is 149 Å². The maximum Gasteiger partial charge on any atom is 0.164 e. The van der Waals surface area contributed by atoms with Crippen molar-refractivity contribution in [2.45, 2.75) is 26.7 Å². The van der Waals surface area contributed by atoms with Gasteiger partial charge in [0.15, 0.2) is 5.78 Å². The number of allylic oxidation sites excluding steroid dienone is 2. The van der Waals surface area contributed by atoms with Crippen LogP contribution in [-0.4, -0.2) is 20.0 Å². The molecule has 0 aliphatic heterocycles. The van der Waals surface area contributed by atoms with E-state index >= 15 is 0 Å². The molecule has 3 rings (SSSR count). The summed E-state index contributed by atoms with van der Waals surface area (Å²) < 4.78 is 10.7. The first-order chi connectivity index (χ1) is 11.9. The fourth-order valence-electron chi connectivity index (χ4n) is 3.49. The SMILES string of the molecule is COc1cccc(C2=C(c3cccc(OC)c3)C(=O)CC(C)(C)C2)c1. The number of benzene rings is 2. The number of ether oxygens (including phenoxy) is 2. The molecule has 130 valence electrons. The summed E-state index contributed by atoms with van der Waals surface area (Å²) in [6.45, 7) is 4.29. The van der Waals surface area contributed by atoms with Crippen molar-refractivity contribution >= 4 is 16.9 Å². The van der Waals surface area contributed by atoms with Gasteiger partial charge >= 0.3 is 0 Å². The maximum absolute atomic E-state index is 13.0. The van der Waals surface area contributed by atoms with Crippen LogP contribution in [0, 0.1) is 5.41 Å². The van der Waals surface area contributed by atoms with Gasteiger partial charge in [-0.2, -0.15) is 0 Å². The van der Waals surface area contributed by atoms with Crippen LogP contribution in [0.25, 0.3) is 11.1 Å². The van der Waals surface area contributed by atoms with Gasteiger partial charge in [-0.3, -0.25) is 4.79 Å². The molecule has 0 bridgehead atoms. The summed E-state index contributed by atoms with van der Waals surface area (Å²) in [7, 11) is 3.30. The maximum atomic E-state index is 13.0. The highest BCUT2D eigenvalue weighted by Gasteiger charge is 2.34. The number of ketones is 1. The normalized spacial score (nSPS) is 16.7. The Balaban J connectivity index is 2.22. The molecule has 25 heavy (non-hydrogen) atoms. The number of methoxy groups -OCH3 is 2. The van der Waals surface area contributed by atoms with Crippen LogP contribution in [-0.2, 0) is 4.79 Å². The van der Waals surface area contributed by atoms with Crippen LogP contribution in [0.15, 0.2) is 48.5 Å². The summed E-state index contributed by atoms with van der Waals surface area (Å²) in [6.07, 6.45) is 1.39. The van der Waals surface area contributed by atoms with Crippen molar-refractivity contribution in [2.24, 2.45) is 5.41 Å². The molecule has 0 fully saturated rings. The minimum atomic E-state index is -0.0577. The number of Topliss-reactive ketones (excluding diaryl/α,β-unsaturated/α-hetero) is 1. The van der Waals surface area contributed by atoms with Crippen LogP contribution in [0.4, 0.5) is 0 Å². The molecule has 3 heteroatoms. The van der Waals surface area contributed by atoms with Crippen molar-refractivity contribution in [2.75, 3.05) is 14.2 Å². The number of rotatable bonds is 4. The molecule has 1 aliphatic rings. The first kappa shape index (κ1) is 17.3. The fourth-order valence-corrected chi connectivity index (χ4v) is 3.49. The molecule has 3 nitrogen and oxygen atoms in total. The van der Waals surface area contributed by atoms with E-state index in [0.29, 0.717) is 6.42 Å². The van der Waals surface area contributed by atoms with Crippen molar-refractivity contribution in [3.8, 4) is 11.5 Å². The van der Waals surface area contributed by atoms with Crippen LogP contribution < -0.4 is 9.47 Å². The Kier molecular flexibility index (Phi) is 4.67. The molecular formula is C22H24O3. The predicted molar refractivity (Wildman–Crippen MR) is 101 cm³/mol. The molecule has 0 heterocycles. The van der Waals surface area contributed by atoms with Gasteiger partial charge < -0.3 is 9.47 Å². The van der Waals surface area contributed by atoms with E-state index < -0.39 is 0 Å². The topological polar surface area (TPSA) is 35.5 Å². The molecule has 1 aliphatic carbocycles. The summed E-state index contributed by atoms with van der Waals surface area (Å²) in [5.74, 6) is 1.74. The van der Waals surface area contributed by atoms with E-state index in [-0.39, 0.29) is 11.2 Å². The first-order valence-electron chi connectivity index (χ1n) is 8.49. The van der Waals surface area contributed by atoms with Crippen molar-refractivity contribution in [3.05, 3.63) is 59.7 Å². The Morgan fingerprint density at radius 1 is 0.840 bits per heavy atom. The molecule has 0 N–H and O–H groups in total. The Bertz CT molecular complexity index is 831. The van der Waals surface area contributed by atoms with Gasteiger partial charge in [-0.15, -0.1) is 0 Å². The van der Waals surface area contributed by atoms with E-state index in [9.17, 15) is 4.79 Å². The lowest BCUT2D eigenvalue weighted by atomic mass is 9.70. The summed E-state index contributed by atoms with van der Waals surface area (Å²) in [4.78, 5) is 13.0. The highest BCUT2D eigenvalue weighted by atomic mass is 16.5. The number of carbonyl (C=O) groups is 1. The average Bonchev–Trinajstić information content (AvgIpc) is 2.60. The summed E-state index contributed by atoms with van der Waals surface area (Å²) in [6, 6.07) is 15.7. The van der Waals surface area contributed by atoms with Gasteiger partial charge in [-0.25, -0.2) is 0 Å². The van der Waals surface area contributed by atoms with Gasteiger partial charge in [0.05, 0.1) is 14.2 Å². The second-order valence-electron chi connectivity index (χ2n) is 7.26. The Hall–Kier alpha value is -2.55. The van der Waals surface area contributed by atoms with E-state index in [0.717, 1.165) is 40.2 Å². The fraction of sp³-hybridized carbons (Fsp3) is 0.318. The highest BCUT2D eigenvalue weighted by molar-refractivity contribution is 6.29. The number of hydrogen-bond donors (Lipinski definition) is 0. The average molecular weight is 336 g/mol. The lowest BCUT2D eigenvalue weighted by molar-refractivity contribution is -0.115. The van der Waals surface area contributed by atoms with E-state index in [1.54, 1.807) is 14.2 Å². The molecule has 0 amide bonds. The number of carbonyl (C=O) groups excluding carboxylic acids is 1. The van der Waals surface area contributed by atoms with Crippen molar-refractivity contribution in [1.29, 1.82) is 0 Å². The van der Waals surface area contributed by atoms with Gasteiger partial charge in [0.1, 0.15) is 11.5 Å². The van der Waals surface area contributed by atoms with Crippen LogP contribution in [0.5, 0.6) is 11.5 Å². The third-order valence-electron chi connectivity index (χ3n) is 4.65. The molecule has 0 aromatic heterocycles. The van der Waals surface area contributed by atoms with Gasteiger partial charge in [-0.05, 0) is 52.8 Å². The Morgan fingerprint density at radius 2 is 1.40 bits per heavy atom. The minimum absolute atomic E-state index is 0.0577. The Morgan fingerprint density at radius 3 is 2.00 bits per heavy atom. The molecule has 0 radical (unpaired) electrons. The molecule has 0 unspecified atom stereocenters. The molecule has 0 saturated carbocycles. The third kappa shape index (κ3) is 3.60. The molecule has 0 atom stereocenters. The lowest BCUT2D eigenvalue weighted by Crippen LogP contribution is -2.24. The summed E-state index contributed by atoms with van der Waals surface area (Å²) >= 11 is 0. The quantitative estimate of drug-likeness (QED) is 0.788. The monoisotopic (exact) mass is 336 g/mol. The standard InChI is InChI=1S/C22H24O3/c1-22(2)13-19(15-7-5-9-17(11-15)24-3)21(20(23)14-22)16-8-6-10-18(12-16)25-4/h5-12H,13-14H2,1-4H3. The zero-order valence-corrected chi connectivity index (χ0v) is 15.3. The van der Waals surface area contributed by atoms with Crippen molar-refractivity contribution < 1.29 is 14.3 Å². The van der Waals surface area contributed by atoms with Gasteiger partial charge in [0.2, 0.25) is 0 Å². The zero-order valence-electron chi connectivity index (χ0n) is 15.3. The van der Waals surface area contributed by atoms with Gasteiger partial charge in [0, 0.05) is 12.0 Å². The van der Waals surface area contributed by atoms with Crippen molar-refractivity contribution in [1.82, 2.24) is 0 Å². The predicted octanol–water partition coefficient (Wildman–Crippen LogP) is 5.00. The molecular weight excluding hydrogens is 312 g/mol. The van der Waals surface area contributed by atoms with E-state index in [1.165, 1.54) is 0 Å². The summed E-state index contributed by atoms with van der Waals surface area (Å²) in [5, 5.41) is 0. The molecule has 0 saturated heterocycles. The minimum Gasteiger partial charge on any atom is -0.497 e. The highest BCUT2D eigenvalue weighted by Crippen LogP contribution is 2.45. The van der Waals surface area contributed by atoms with E-state index in [4.69, 9.17) is 9.47 Å². The van der Waals surface area contributed by atoms with E-state index in [1.807, 2.05) is 48.5 Å². The van der Waals surface area contributed by atoms with Crippen molar-refractivity contribution in [3.63, 3.8) is 0 Å². The molecule has 0 spiro atoms. The smallest absolute Gasteiger partial charge is 0.164 e. The first-order valence-corrected chi connectivity index (χ1v) is 8.49. The zero-order chi connectivity index (χ0) is 18.0. The lowest BCUT2D eigenvalue weighted by Gasteiger charge is -2.33. The van der Waals surface area contributed by atoms with Crippen LogP contribution >= 0.6 is 0 Å². The van der Waals surface area contributed by atoms with Crippen LogP contribution in [0.2, 0.25) is 0 Å². The molecule has 2 aromatic carbocycles. The second kappa shape index (κ2) is 6.75. The molecule has 2 aromatic rings. The summed E-state index contributed by atoms with van der Waals surface area (Å²) in [5.41, 5.74) is 3.77. The van der Waals surface area contributed by atoms with Crippen LogP contribution in [0.3, 0.4) is 0 Å². The second-order valence-corrected chi connectivity index (χ2v) is 7.26. The van der Waals surface area contributed by atoms with Crippen LogP contribution in [0.1, 0.15) is 37.8 Å². The number of hydrogen-bond acceptors (Lipinski definition) is 3. The third-order valence-corrected chi connectivity index (χ3v) is 4.65. The van der Waals surface area contributed by atoms with Gasteiger partial charge in [0.25, 0.3) is 0 Å². The van der Waals surface area contributed by atoms with E-state index in [2.05, 4.69) is 13.8 Å². The largest absolute Gasteiger partial charge is 0.497 e.